The molecule has 23 heavy (non-hydrogen) atoms. The lowest BCUT2D eigenvalue weighted by Crippen LogP contribution is -2.56. The SMILES string of the molecule is C[SiH]1O[SiH](C)O[Si](C)(OC2CCCC2C2CCCC2)O[SiH](C)O1. The van der Waals surface area contributed by atoms with Crippen LogP contribution in [-0.4, -0.2) is 42.8 Å². The van der Waals surface area contributed by atoms with Gasteiger partial charge in [-0.05, 0) is 44.3 Å². The molecular formula is C14H32O5Si4. The highest BCUT2D eigenvalue weighted by atomic mass is 28.5. The van der Waals surface area contributed by atoms with Crippen LogP contribution in [-0.2, 0) is 20.9 Å². The lowest BCUT2D eigenvalue weighted by Gasteiger charge is -2.39. The second kappa shape index (κ2) is 7.92. The van der Waals surface area contributed by atoms with Crippen LogP contribution < -0.4 is 0 Å². The van der Waals surface area contributed by atoms with Gasteiger partial charge in [0.1, 0.15) is 0 Å². The second-order valence-electron chi connectivity index (χ2n) is 7.37. The van der Waals surface area contributed by atoms with Crippen molar-refractivity contribution >= 4 is 36.7 Å². The van der Waals surface area contributed by atoms with Crippen molar-refractivity contribution in [2.75, 3.05) is 0 Å². The van der Waals surface area contributed by atoms with Crippen molar-refractivity contribution in [3.63, 3.8) is 0 Å². The van der Waals surface area contributed by atoms with E-state index in [1.54, 1.807) is 0 Å². The fourth-order valence-corrected chi connectivity index (χ4v) is 18.0. The maximum atomic E-state index is 6.60. The lowest BCUT2D eigenvalue weighted by molar-refractivity contribution is 0.0517. The zero-order valence-corrected chi connectivity index (χ0v) is 19.4. The third kappa shape index (κ3) is 4.85. The minimum absolute atomic E-state index is 0.325. The molecule has 134 valence electrons. The van der Waals surface area contributed by atoms with Crippen LogP contribution in [0.4, 0.5) is 0 Å². The second-order valence-corrected chi connectivity index (χ2v) is 16.8. The Hall–Kier alpha value is 0.668. The van der Waals surface area contributed by atoms with E-state index in [1.165, 1.54) is 38.5 Å². The fourth-order valence-electron chi connectivity index (χ4n) is 4.61. The van der Waals surface area contributed by atoms with E-state index in [2.05, 4.69) is 26.2 Å². The first-order chi connectivity index (χ1) is 11.0. The molecule has 1 heterocycles. The predicted molar refractivity (Wildman–Crippen MR) is 99.2 cm³/mol. The van der Waals surface area contributed by atoms with Gasteiger partial charge >= 0.3 is 27.4 Å². The predicted octanol–water partition coefficient (Wildman–Crippen LogP) is 2.56. The maximum absolute atomic E-state index is 6.60. The molecule has 3 fully saturated rings. The minimum Gasteiger partial charge on any atom is -0.420 e. The highest BCUT2D eigenvalue weighted by Crippen LogP contribution is 2.42. The van der Waals surface area contributed by atoms with Gasteiger partial charge < -0.3 is 20.9 Å². The van der Waals surface area contributed by atoms with E-state index in [4.69, 9.17) is 20.9 Å². The molecule has 0 aromatic heterocycles. The first kappa shape index (κ1) is 18.5. The Balaban J connectivity index is 1.65. The van der Waals surface area contributed by atoms with E-state index in [-0.39, 0.29) is 0 Å². The molecule has 2 aliphatic carbocycles. The zero-order chi connectivity index (χ0) is 16.4. The monoisotopic (exact) mass is 392 g/mol. The largest absolute Gasteiger partial charge is 0.479 e. The highest BCUT2D eigenvalue weighted by Gasteiger charge is 2.47. The van der Waals surface area contributed by atoms with Crippen LogP contribution in [0.1, 0.15) is 44.9 Å². The van der Waals surface area contributed by atoms with Gasteiger partial charge in [-0.1, -0.05) is 32.1 Å². The molecule has 0 N–H and O–H groups in total. The third-order valence-corrected chi connectivity index (χ3v) is 18.3. The first-order valence-corrected chi connectivity index (χ1v) is 17.8. The van der Waals surface area contributed by atoms with Gasteiger partial charge in [0.15, 0.2) is 0 Å². The molecule has 2 saturated carbocycles. The van der Waals surface area contributed by atoms with Crippen molar-refractivity contribution < 1.29 is 20.9 Å². The van der Waals surface area contributed by atoms with E-state index in [1.807, 2.05) is 0 Å². The Bertz CT molecular complexity index is 381. The van der Waals surface area contributed by atoms with Crippen LogP contribution >= 0.6 is 0 Å². The zero-order valence-electron chi connectivity index (χ0n) is 15.0. The van der Waals surface area contributed by atoms with E-state index < -0.39 is 36.7 Å². The van der Waals surface area contributed by atoms with Crippen molar-refractivity contribution in [2.45, 2.75) is 77.2 Å². The third-order valence-electron chi connectivity index (χ3n) is 5.40. The molecule has 1 aliphatic heterocycles. The Labute approximate surface area is 146 Å². The van der Waals surface area contributed by atoms with Crippen molar-refractivity contribution in [1.29, 1.82) is 0 Å². The highest BCUT2D eigenvalue weighted by molar-refractivity contribution is 6.77. The van der Waals surface area contributed by atoms with Crippen molar-refractivity contribution in [2.24, 2.45) is 11.8 Å². The molecule has 0 spiro atoms. The van der Waals surface area contributed by atoms with E-state index in [9.17, 15) is 0 Å². The summed E-state index contributed by atoms with van der Waals surface area (Å²) in [5.74, 6) is 1.57. The number of rotatable bonds is 3. The summed E-state index contributed by atoms with van der Waals surface area (Å²) in [6.07, 6.45) is 9.65. The van der Waals surface area contributed by atoms with E-state index in [0.29, 0.717) is 12.0 Å². The van der Waals surface area contributed by atoms with Gasteiger partial charge in [0.2, 0.25) is 0 Å². The van der Waals surface area contributed by atoms with Gasteiger partial charge in [0.05, 0.1) is 6.10 Å². The fraction of sp³-hybridized carbons (Fsp3) is 1.00. The normalized spacial score (nSPS) is 46.7. The minimum atomic E-state index is -2.64. The van der Waals surface area contributed by atoms with Crippen molar-refractivity contribution in [3.8, 4) is 0 Å². The molecule has 0 radical (unpaired) electrons. The maximum Gasteiger partial charge on any atom is 0.479 e. The molecule has 3 aliphatic rings. The Morgan fingerprint density at radius 3 is 2.04 bits per heavy atom. The summed E-state index contributed by atoms with van der Waals surface area (Å²) in [6.45, 7) is 8.28. The summed E-state index contributed by atoms with van der Waals surface area (Å²) in [4.78, 5) is 0. The summed E-state index contributed by atoms with van der Waals surface area (Å²) in [7, 11) is -7.64. The summed E-state index contributed by atoms with van der Waals surface area (Å²) >= 11 is 0. The molecule has 0 amide bonds. The molecule has 0 aromatic carbocycles. The van der Waals surface area contributed by atoms with Gasteiger partial charge in [-0.15, -0.1) is 0 Å². The van der Waals surface area contributed by atoms with Crippen LogP contribution in [0.3, 0.4) is 0 Å². The number of hydrogen-bond donors (Lipinski definition) is 0. The smallest absolute Gasteiger partial charge is 0.420 e. The molecule has 1 saturated heterocycles. The van der Waals surface area contributed by atoms with Gasteiger partial charge in [0.25, 0.3) is 9.28 Å². The van der Waals surface area contributed by atoms with Crippen LogP contribution in [0.15, 0.2) is 0 Å². The van der Waals surface area contributed by atoms with Gasteiger partial charge in [0, 0.05) is 6.55 Å². The standard InChI is InChI=1S/C14H32O5Si4/c1-20-16-21(2)18-23(4,19-22(3)17-20)15-14-11-7-10-13(14)12-8-5-6-9-12/h12-14,20-22H,5-11H2,1-4H3. The molecule has 9 heteroatoms. The first-order valence-electron chi connectivity index (χ1n) is 9.29. The van der Waals surface area contributed by atoms with Gasteiger partial charge in [-0.3, -0.25) is 0 Å². The summed E-state index contributed by atoms with van der Waals surface area (Å²) in [6, 6.07) is 0. The summed E-state index contributed by atoms with van der Waals surface area (Å²) in [5.41, 5.74) is 0. The van der Waals surface area contributed by atoms with E-state index >= 15 is 0 Å². The Morgan fingerprint density at radius 1 is 0.826 bits per heavy atom. The molecule has 4 atom stereocenters. The Morgan fingerprint density at radius 2 is 1.43 bits per heavy atom. The number of hydrogen-bond acceptors (Lipinski definition) is 5. The molecule has 0 aromatic rings. The van der Waals surface area contributed by atoms with Crippen molar-refractivity contribution in [3.05, 3.63) is 0 Å². The average molecular weight is 393 g/mol. The van der Waals surface area contributed by atoms with Crippen LogP contribution in [0.25, 0.3) is 0 Å². The molecule has 3 rings (SSSR count). The molecule has 4 unspecified atom stereocenters. The lowest BCUT2D eigenvalue weighted by atomic mass is 9.88. The summed E-state index contributed by atoms with van der Waals surface area (Å²) < 4.78 is 31.2. The molecular weight excluding hydrogens is 360 g/mol. The van der Waals surface area contributed by atoms with Gasteiger partial charge in [-0.25, -0.2) is 0 Å². The Kier molecular flexibility index (Phi) is 6.35. The molecule has 5 nitrogen and oxygen atoms in total. The average Bonchev–Trinajstić information content (AvgIpc) is 3.05. The van der Waals surface area contributed by atoms with Crippen molar-refractivity contribution in [1.82, 2.24) is 0 Å². The van der Waals surface area contributed by atoms with Crippen LogP contribution in [0.5, 0.6) is 0 Å². The summed E-state index contributed by atoms with van der Waals surface area (Å²) in [5, 5.41) is 0. The van der Waals surface area contributed by atoms with Crippen LogP contribution in [0, 0.1) is 11.8 Å². The quantitative estimate of drug-likeness (QED) is 0.691. The van der Waals surface area contributed by atoms with Crippen LogP contribution in [0.2, 0.25) is 26.2 Å². The topological polar surface area (TPSA) is 46.2 Å². The van der Waals surface area contributed by atoms with E-state index in [0.717, 1.165) is 12.3 Å². The van der Waals surface area contributed by atoms with Gasteiger partial charge in [-0.2, -0.15) is 0 Å². The molecule has 0 bridgehead atoms.